The molecule has 0 saturated heterocycles. The number of aryl methyl sites for hydroxylation is 1. The maximum atomic E-state index is 13.1. The van der Waals surface area contributed by atoms with Gasteiger partial charge in [-0.1, -0.05) is 43.7 Å². The van der Waals surface area contributed by atoms with Gasteiger partial charge in [-0.25, -0.2) is 14.6 Å². The number of thiophene rings is 1. The number of nitrogens with zero attached hydrogens (tertiary/aromatic N) is 2. The molecule has 2 aromatic heterocycles. The highest BCUT2D eigenvalue weighted by atomic mass is 32.1. The topological polar surface area (TPSA) is 98.5 Å². The van der Waals surface area contributed by atoms with Crippen LogP contribution in [0, 0.1) is 0 Å². The zero-order valence-corrected chi connectivity index (χ0v) is 16.9. The largest absolute Gasteiger partial charge is 0.480 e. The predicted molar refractivity (Wildman–Crippen MR) is 111 cm³/mol. The van der Waals surface area contributed by atoms with Gasteiger partial charge in [0, 0.05) is 5.38 Å². The molecule has 8 heteroatoms. The minimum absolute atomic E-state index is 0.116. The van der Waals surface area contributed by atoms with Crippen LogP contribution in [0.2, 0.25) is 0 Å². The minimum atomic E-state index is -1.12. The second kappa shape index (κ2) is 9.47. The molecule has 0 radical (unpaired) electrons. The SMILES string of the molecule is CCCCOC(=O)c1csc2ncn(C(CCc3ccccc3)C(=O)O)c(=O)c12. The first-order valence-corrected chi connectivity index (χ1v) is 10.3. The quantitative estimate of drug-likeness (QED) is 0.424. The minimum Gasteiger partial charge on any atom is -0.480 e. The van der Waals surface area contributed by atoms with Gasteiger partial charge >= 0.3 is 11.9 Å². The van der Waals surface area contributed by atoms with E-state index in [1.165, 1.54) is 11.7 Å². The number of carboxylic acids is 1. The van der Waals surface area contributed by atoms with E-state index >= 15 is 0 Å². The third-order valence-corrected chi connectivity index (χ3v) is 5.53. The fourth-order valence-corrected chi connectivity index (χ4v) is 3.90. The first-order chi connectivity index (χ1) is 14.0. The van der Waals surface area contributed by atoms with E-state index in [0.29, 0.717) is 11.3 Å². The average Bonchev–Trinajstić information content (AvgIpc) is 3.15. The van der Waals surface area contributed by atoms with Crippen molar-refractivity contribution in [2.45, 2.75) is 38.6 Å². The summed E-state index contributed by atoms with van der Waals surface area (Å²) in [6.07, 6.45) is 3.59. The molecule has 0 amide bonds. The van der Waals surface area contributed by atoms with Crippen molar-refractivity contribution in [1.29, 1.82) is 0 Å². The van der Waals surface area contributed by atoms with E-state index in [1.807, 2.05) is 37.3 Å². The second-order valence-electron chi connectivity index (χ2n) is 6.65. The molecule has 0 spiro atoms. The van der Waals surface area contributed by atoms with Crippen LogP contribution in [0.5, 0.6) is 0 Å². The summed E-state index contributed by atoms with van der Waals surface area (Å²) < 4.78 is 6.32. The van der Waals surface area contributed by atoms with Crippen LogP contribution in [0.4, 0.5) is 0 Å². The third kappa shape index (κ3) is 4.71. The summed E-state index contributed by atoms with van der Waals surface area (Å²) in [7, 11) is 0. The molecule has 1 unspecified atom stereocenters. The normalized spacial score (nSPS) is 12.0. The van der Waals surface area contributed by atoms with Crippen molar-refractivity contribution in [1.82, 2.24) is 9.55 Å². The zero-order chi connectivity index (χ0) is 20.8. The molecular formula is C21H22N2O5S. The van der Waals surface area contributed by atoms with E-state index in [2.05, 4.69) is 4.98 Å². The maximum Gasteiger partial charge on any atom is 0.339 e. The van der Waals surface area contributed by atoms with Crippen LogP contribution >= 0.6 is 11.3 Å². The van der Waals surface area contributed by atoms with Crippen molar-refractivity contribution in [3.63, 3.8) is 0 Å². The molecule has 0 aliphatic rings. The Hall–Kier alpha value is -3.00. The van der Waals surface area contributed by atoms with Gasteiger partial charge in [-0.15, -0.1) is 11.3 Å². The summed E-state index contributed by atoms with van der Waals surface area (Å²) >= 11 is 1.16. The van der Waals surface area contributed by atoms with Crippen molar-refractivity contribution in [3.05, 3.63) is 63.5 Å². The van der Waals surface area contributed by atoms with Gasteiger partial charge in [0.2, 0.25) is 0 Å². The van der Waals surface area contributed by atoms with Gasteiger partial charge < -0.3 is 9.84 Å². The molecule has 1 atom stereocenters. The fraction of sp³-hybridized carbons (Fsp3) is 0.333. The number of aromatic nitrogens is 2. The van der Waals surface area contributed by atoms with Crippen molar-refractivity contribution < 1.29 is 19.4 Å². The molecule has 3 aromatic rings. The molecule has 0 bridgehead atoms. The van der Waals surface area contributed by atoms with E-state index in [1.54, 1.807) is 0 Å². The standard InChI is InChI=1S/C21H22N2O5S/c1-2-3-11-28-21(27)15-12-29-18-17(15)19(24)23(13-22-18)16(20(25)26)10-9-14-7-5-4-6-8-14/h4-8,12-13,16H,2-3,9-11H2,1H3,(H,25,26). The van der Waals surface area contributed by atoms with Crippen LogP contribution in [-0.4, -0.2) is 33.2 Å². The van der Waals surface area contributed by atoms with Gasteiger partial charge in [-0.05, 0) is 24.8 Å². The number of benzene rings is 1. The molecule has 2 heterocycles. The van der Waals surface area contributed by atoms with Crippen molar-refractivity contribution in [2.75, 3.05) is 6.61 Å². The van der Waals surface area contributed by atoms with E-state index in [4.69, 9.17) is 4.74 Å². The van der Waals surface area contributed by atoms with E-state index in [0.717, 1.165) is 34.3 Å². The Morgan fingerprint density at radius 1 is 1.28 bits per heavy atom. The first kappa shape index (κ1) is 20.7. The Morgan fingerprint density at radius 2 is 2.03 bits per heavy atom. The molecular weight excluding hydrogens is 392 g/mol. The lowest BCUT2D eigenvalue weighted by Gasteiger charge is -2.15. The molecule has 0 aliphatic heterocycles. The van der Waals surface area contributed by atoms with Crippen LogP contribution in [0.15, 0.2) is 46.8 Å². The number of rotatable bonds is 9. The van der Waals surface area contributed by atoms with E-state index in [9.17, 15) is 19.5 Å². The Morgan fingerprint density at radius 3 is 2.72 bits per heavy atom. The highest BCUT2D eigenvalue weighted by molar-refractivity contribution is 7.17. The molecule has 3 rings (SSSR count). The molecule has 0 fully saturated rings. The van der Waals surface area contributed by atoms with Gasteiger partial charge in [0.1, 0.15) is 10.9 Å². The van der Waals surface area contributed by atoms with Crippen molar-refractivity contribution >= 4 is 33.5 Å². The molecule has 29 heavy (non-hydrogen) atoms. The number of esters is 1. The highest BCUT2D eigenvalue weighted by Crippen LogP contribution is 2.23. The smallest absolute Gasteiger partial charge is 0.339 e. The average molecular weight is 414 g/mol. The Balaban J connectivity index is 1.92. The van der Waals surface area contributed by atoms with Gasteiger partial charge in [-0.3, -0.25) is 9.36 Å². The first-order valence-electron chi connectivity index (χ1n) is 9.45. The Kier molecular flexibility index (Phi) is 6.77. The number of aliphatic carboxylic acids is 1. The van der Waals surface area contributed by atoms with Crippen molar-refractivity contribution in [3.8, 4) is 0 Å². The number of carboxylic acid groups (broad SMARTS) is 1. The van der Waals surface area contributed by atoms with Gasteiger partial charge in [0.05, 0.1) is 23.9 Å². The third-order valence-electron chi connectivity index (χ3n) is 4.64. The lowest BCUT2D eigenvalue weighted by Crippen LogP contribution is -2.31. The second-order valence-corrected chi connectivity index (χ2v) is 7.51. The maximum absolute atomic E-state index is 13.1. The van der Waals surface area contributed by atoms with Crippen molar-refractivity contribution in [2.24, 2.45) is 0 Å². The van der Waals surface area contributed by atoms with Crippen LogP contribution < -0.4 is 5.56 Å². The number of ether oxygens (including phenoxy) is 1. The summed E-state index contributed by atoms with van der Waals surface area (Å²) in [4.78, 5) is 41.9. The molecule has 7 nitrogen and oxygen atoms in total. The molecule has 1 aromatic carbocycles. The predicted octanol–water partition coefficient (Wildman–Crippen LogP) is 3.67. The summed E-state index contributed by atoms with van der Waals surface area (Å²) in [5, 5.41) is 11.4. The molecule has 0 saturated carbocycles. The van der Waals surface area contributed by atoms with E-state index in [-0.39, 0.29) is 24.0 Å². The number of fused-ring (bicyclic) bond motifs is 1. The lowest BCUT2D eigenvalue weighted by atomic mass is 10.0. The summed E-state index contributed by atoms with van der Waals surface area (Å²) in [6.45, 7) is 2.26. The van der Waals surface area contributed by atoms with E-state index < -0.39 is 23.5 Å². The van der Waals surface area contributed by atoms with Crippen LogP contribution in [-0.2, 0) is 16.0 Å². The van der Waals surface area contributed by atoms with Gasteiger partial charge in [0.15, 0.2) is 0 Å². The van der Waals surface area contributed by atoms with Gasteiger partial charge in [-0.2, -0.15) is 0 Å². The summed E-state index contributed by atoms with van der Waals surface area (Å²) in [5.74, 6) is -1.70. The number of hydrogen-bond donors (Lipinski definition) is 1. The zero-order valence-electron chi connectivity index (χ0n) is 16.0. The summed E-state index contributed by atoms with van der Waals surface area (Å²) in [6, 6.07) is 8.39. The highest BCUT2D eigenvalue weighted by Gasteiger charge is 2.25. The van der Waals surface area contributed by atoms with Gasteiger partial charge in [0.25, 0.3) is 5.56 Å². The monoisotopic (exact) mass is 414 g/mol. The Labute approximate surface area is 171 Å². The molecule has 1 N–H and O–H groups in total. The van der Waals surface area contributed by atoms with Crippen LogP contribution in [0.3, 0.4) is 0 Å². The van der Waals surface area contributed by atoms with Crippen LogP contribution in [0.1, 0.15) is 48.1 Å². The fourth-order valence-electron chi connectivity index (χ4n) is 3.03. The lowest BCUT2D eigenvalue weighted by molar-refractivity contribution is -0.141. The Bertz CT molecular complexity index is 1060. The number of carbonyl (C=O) groups is 2. The molecule has 152 valence electrons. The number of hydrogen-bond acceptors (Lipinski definition) is 6. The number of carbonyl (C=O) groups excluding carboxylic acids is 1. The summed E-state index contributed by atoms with van der Waals surface area (Å²) in [5.41, 5.74) is 0.580. The number of unbranched alkanes of at least 4 members (excludes halogenated alkanes) is 1. The van der Waals surface area contributed by atoms with Crippen LogP contribution in [0.25, 0.3) is 10.2 Å². The molecule has 0 aliphatic carbocycles.